The van der Waals surface area contributed by atoms with E-state index < -0.39 is 69.8 Å². The number of nitro benzene ring substituents is 1. The van der Waals surface area contributed by atoms with Crippen LogP contribution in [0.25, 0.3) is 0 Å². The Morgan fingerprint density at radius 1 is 1.11 bits per heavy atom. The Morgan fingerprint density at radius 3 is 2.47 bits per heavy atom. The molecule has 47 heavy (non-hydrogen) atoms. The zero-order chi connectivity index (χ0) is 34.6. The van der Waals surface area contributed by atoms with E-state index in [1.165, 1.54) is 42.3 Å². The van der Waals surface area contributed by atoms with E-state index in [0.29, 0.717) is 16.3 Å². The number of amides is 1. The highest BCUT2D eigenvalue weighted by molar-refractivity contribution is 6.31. The molecule has 13 nitrogen and oxygen atoms in total. The molecule has 1 saturated heterocycles. The number of carbonyl (C=O) groups excluding carboxylic acids is 2. The number of aryl methyl sites for hydroxylation is 1. The maximum atomic E-state index is 15.7. The predicted molar refractivity (Wildman–Crippen MR) is 170 cm³/mol. The normalized spacial score (nSPS) is 20.1. The van der Waals surface area contributed by atoms with Crippen LogP contribution in [0.15, 0.2) is 54.6 Å². The zero-order valence-electron chi connectivity index (χ0n) is 25.4. The lowest BCUT2D eigenvalue weighted by atomic mass is 9.84. The second-order valence-corrected chi connectivity index (χ2v) is 11.8. The minimum absolute atomic E-state index is 0.0181. The van der Waals surface area contributed by atoms with Crippen LogP contribution in [0.2, 0.25) is 10.0 Å². The highest BCUT2D eigenvalue weighted by Crippen LogP contribution is 2.45. The first-order chi connectivity index (χ1) is 22.3. The number of anilines is 1. The van der Waals surface area contributed by atoms with Gasteiger partial charge < -0.3 is 19.9 Å². The molecule has 16 heteroatoms. The molecule has 3 aromatic carbocycles. The Morgan fingerprint density at radius 2 is 1.83 bits per heavy atom. The summed E-state index contributed by atoms with van der Waals surface area (Å²) in [4.78, 5) is 51.0. The number of hydrogen-bond acceptors (Lipinski definition) is 10. The predicted octanol–water partition coefficient (Wildman–Crippen LogP) is 5.33. The van der Waals surface area contributed by atoms with Gasteiger partial charge in [0.25, 0.3) is 5.69 Å². The average Bonchev–Trinajstić information content (AvgIpc) is 3.35. The van der Waals surface area contributed by atoms with E-state index in [4.69, 9.17) is 27.9 Å². The molecule has 250 valence electrons. The Kier molecular flexibility index (Phi) is 11.5. The van der Waals surface area contributed by atoms with E-state index in [-0.39, 0.29) is 34.9 Å². The van der Waals surface area contributed by atoms with Crippen LogP contribution in [0, 0.1) is 33.0 Å². The number of carbonyl (C=O) groups is 2. The number of ether oxygens (including phenoxy) is 2. The maximum absolute atomic E-state index is 15.7. The van der Waals surface area contributed by atoms with Crippen LogP contribution in [0.4, 0.5) is 15.8 Å². The SMILES string of the molecule is COCCN1[C@@H](CC(O)c2ccc(C(=O)OC)cc2[N+](=O)[O-])[C@@H]([N+](=O)[O-])[C@H](c2cccc(Cl)c2F)[C@@H]1C(=O)Nc1cc(Cl)ccc1C. The number of nitro groups is 2. The Bertz CT molecular complexity index is 1690. The molecular formula is C31H31Cl2FN4O9. The third-order valence-electron chi connectivity index (χ3n) is 8.22. The molecule has 0 bridgehead atoms. The Balaban J connectivity index is 1.86. The quantitative estimate of drug-likeness (QED) is 0.143. The molecule has 1 aliphatic heterocycles. The standard InChI is InChI=1S/C31H31Cl2FN4O9/c1-16-7-9-18(32)14-22(16)35-30(40)29-26(20-5-4-6-21(33)27(20)34)28(38(44)45)24(36(29)11-12-46-2)15-25(39)19-10-8-17(31(41)47-3)13-23(19)37(42)43/h4-10,13-14,24-26,28-29,39H,11-12,15H2,1-3H3,(H,35,40)/t24-,25?,26-,28+,29+/m0/s1. The molecule has 0 aromatic heterocycles. The molecule has 2 N–H and O–H groups in total. The molecular weight excluding hydrogens is 662 g/mol. The summed E-state index contributed by atoms with van der Waals surface area (Å²) in [6.45, 7) is 1.62. The first kappa shape index (κ1) is 35.6. The Hall–Kier alpha value is -4.21. The number of esters is 1. The number of likely N-dealkylation sites (tertiary alicyclic amines) is 1. The summed E-state index contributed by atoms with van der Waals surface area (Å²) >= 11 is 12.3. The minimum atomic E-state index is -1.71. The molecule has 5 atom stereocenters. The zero-order valence-corrected chi connectivity index (χ0v) is 26.9. The second-order valence-electron chi connectivity index (χ2n) is 10.9. The number of halogens is 3. The fraction of sp³-hybridized carbons (Fsp3) is 0.355. The van der Waals surface area contributed by atoms with Crippen molar-refractivity contribution in [1.82, 2.24) is 4.90 Å². The molecule has 0 radical (unpaired) electrons. The third kappa shape index (κ3) is 7.52. The fourth-order valence-corrected chi connectivity index (χ4v) is 6.40. The highest BCUT2D eigenvalue weighted by atomic mass is 35.5. The fourth-order valence-electron chi connectivity index (χ4n) is 6.05. The van der Waals surface area contributed by atoms with Gasteiger partial charge in [-0.3, -0.25) is 29.9 Å². The van der Waals surface area contributed by atoms with Gasteiger partial charge in [0.1, 0.15) is 11.9 Å². The van der Waals surface area contributed by atoms with E-state index >= 15 is 4.39 Å². The third-order valence-corrected chi connectivity index (χ3v) is 8.75. The summed E-state index contributed by atoms with van der Waals surface area (Å²) in [7, 11) is 2.48. The molecule has 1 aliphatic rings. The smallest absolute Gasteiger partial charge is 0.338 e. The van der Waals surface area contributed by atoms with Gasteiger partial charge in [-0.2, -0.15) is 0 Å². The summed E-state index contributed by atoms with van der Waals surface area (Å²) in [6.07, 6.45) is -2.19. The number of benzene rings is 3. The highest BCUT2D eigenvalue weighted by Gasteiger charge is 2.59. The van der Waals surface area contributed by atoms with Crippen molar-refractivity contribution in [2.75, 3.05) is 32.7 Å². The van der Waals surface area contributed by atoms with Crippen molar-refractivity contribution >= 4 is 46.5 Å². The maximum Gasteiger partial charge on any atom is 0.338 e. The van der Waals surface area contributed by atoms with Gasteiger partial charge in [-0.25, -0.2) is 9.18 Å². The van der Waals surface area contributed by atoms with Gasteiger partial charge in [0.05, 0.1) is 52.9 Å². The van der Waals surface area contributed by atoms with Crippen molar-refractivity contribution in [2.45, 2.75) is 43.5 Å². The Labute approximate surface area is 278 Å². The summed E-state index contributed by atoms with van der Waals surface area (Å²) in [5.41, 5.74) is -0.246. The van der Waals surface area contributed by atoms with Crippen molar-refractivity contribution in [3.8, 4) is 0 Å². The van der Waals surface area contributed by atoms with Gasteiger partial charge in [0.15, 0.2) is 0 Å². The van der Waals surface area contributed by atoms with Crippen molar-refractivity contribution in [2.24, 2.45) is 0 Å². The van der Waals surface area contributed by atoms with E-state index in [0.717, 1.165) is 19.2 Å². The van der Waals surface area contributed by atoms with Crippen LogP contribution in [0.5, 0.6) is 0 Å². The van der Waals surface area contributed by atoms with Crippen molar-refractivity contribution < 1.29 is 38.4 Å². The topological polar surface area (TPSA) is 174 Å². The van der Waals surface area contributed by atoms with Crippen LogP contribution >= 0.6 is 23.2 Å². The van der Waals surface area contributed by atoms with Crippen LogP contribution < -0.4 is 5.32 Å². The number of aliphatic hydroxyl groups excluding tert-OH is 1. The van der Waals surface area contributed by atoms with Crippen molar-refractivity contribution in [1.29, 1.82) is 0 Å². The van der Waals surface area contributed by atoms with E-state index in [1.807, 2.05) is 0 Å². The van der Waals surface area contributed by atoms with Crippen LogP contribution in [-0.4, -0.2) is 77.2 Å². The largest absolute Gasteiger partial charge is 0.465 e. The van der Waals surface area contributed by atoms with Crippen LogP contribution in [-0.2, 0) is 14.3 Å². The number of methoxy groups -OCH3 is 2. The molecule has 1 fully saturated rings. The van der Waals surface area contributed by atoms with Gasteiger partial charge in [-0.05, 0) is 49.2 Å². The lowest BCUT2D eigenvalue weighted by Gasteiger charge is -2.30. The minimum Gasteiger partial charge on any atom is -0.465 e. The van der Waals surface area contributed by atoms with Crippen molar-refractivity contribution in [3.63, 3.8) is 0 Å². The van der Waals surface area contributed by atoms with Crippen LogP contribution in [0.1, 0.15) is 45.5 Å². The average molecular weight is 694 g/mol. The van der Waals surface area contributed by atoms with Gasteiger partial charge >= 0.3 is 5.97 Å². The lowest BCUT2D eigenvalue weighted by molar-refractivity contribution is -0.528. The number of nitrogens with one attached hydrogen (secondary N) is 1. The summed E-state index contributed by atoms with van der Waals surface area (Å²) in [5, 5.41) is 39.0. The number of rotatable bonds is 12. The molecule has 1 amide bonds. The van der Waals surface area contributed by atoms with E-state index in [1.54, 1.807) is 19.1 Å². The molecule has 1 unspecified atom stereocenters. The molecule has 1 heterocycles. The van der Waals surface area contributed by atoms with E-state index in [9.17, 15) is 34.9 Å². The molecule has 3 aromatic rings. The van der Waals surface area contributed by atoms with E-state index in [2.05, 4.69) is 10.1 Å². The van der Waals surface area contributed by atoms with Gasteiger partial charge in [-0.1, -0.05) is 41.4 Å². The summed E-state index contributed by atoms with van der Waals surface area (Å²) < 4.78 is 25.5. The summed E-state index contributed by atoms with van der Waals surface area (Å²) in [5.74, 6) is -3.97. The van der Waals surface area contributed by atoms with Crippen LogP contribution in [0.3, 0.4) is 0 Å². The second kappa shape index (κ2) is 15.1. The van der Waals surface area contributed by atoms with Gasteiger partial charge in [0.2, 0.25) is 11.9 Å². The summed E-state index contributed by atoms with van der Waals surface area (Å²) in [6, 6.07) is 7.67. The molecule has 4 rings (SSSR count). The first-order valence-electron chi connectivity index (χ1n) is 14.2. The van der Waals surface area contributed by atoms with Gasteiger partial charge in [0, 0.05) is 40.9 Å². The van der Waals surface area contributed by atoms with Crippen molar-refractivity contribution in [3.05, 3.63) is 113 Å². The first-order valence-corrected chi connectivity index (χ1v) is 15.0. The molecule has 0 spiro atoms. The number of aliphatic hydroxyl groups is 1. The van der Waals surface area contributed by atoms with Gasteiger partial charge in [-0.15, -0.1) is 0 Å². The molecule has 0 saturated carbocycles. The lowest BCUT2D eigenvalue weighted by Crippen LogP contribution is -2.47. The molecule has 0 aliphatic carbocycles. The monoisotopic (exact) mass is 692 g/mol. The number of nitrogens with zero attached hydrogens (tertiary/aromatic N) is 3. The number of hydrogen-bond donors (Lipinski definition) is 2.